The Kier molecular flexibility index (Phi) is 5.31. The molecule has 34 heavy (non-hydrogen) atoms. The van der Waals surface area contributed by atoms with Crippen LogP contribution in [0.5, 0.6) is 0 Å². The lowest BCUT2D eigenvalue weighted by Crippen LogP contribution is -2.59. The fraction of sp³-hybridized carbons (Fsp3) is 0.280. The summed E-state index contributed by atoms with van der Waals surface area (Å²) in [7, 11) is 1.58. The summed E-state index contributed by atoms with van der Waals surface area (Å²) in [4.78, 5) is 36.6. The van der Waals surface area contributed by atoms with E-state index >= 15 is 0 Å². The number of carbonyl (C=O) groups excluding carboxylic acids is 2. The summed E-state index contributed by atoms with van der Waals surface area (Å²) in [5.74, 6) is -1.46. The van der Waals surface area contributed by atoms with Crippen LogP contribution in [0.1, 0.15) is 46.8 Å². The second-order valence-corrected chi connectivity index (χ2v) is 8.68. The molecule has 3 aromatic rings. The fourth-order valence-electron chi connectivity index (χ4n) is 4.64. The number of aromatic nitrogens is 2. The molecular formula is C25H24N4O5. The third kappa shape index (κ3) is 3.68. The van der Waals surface area contributed by atoms with E-state index in [2.05, 4.69) is 27.9 Å². The Morgan fingerprint density at radius 3 is 2.26 bits per heavy atom. The van der Waals surface area contributed by atoms with Crippen LogP contribution in [0.4, 0.5) is 10.6 Å². The average molecular weight is 460 g/mol. The first-order chi connectivity index (χ1) is 16.4. The van der Waals surface area contributed by atoms with Crippen molar-refractivity contribution in [2.45, 2.75) is 30.7 Å². The molecule has 1 heterocycles. The normalized spacial score (nSPS) is 15.6. The molecule has 0 bridgehead atoms. The van der Waals surface area contributed by atoms with Crippen LogP contribution >= 0.6 is 0 Å². The first kappa shape index (κ1) is 21.7. The molecule has 1 fully saturated rings. The van der Waals surface area contributed by atoms with E-state index in [0.29, 0.717) is 12.8 Å². The molecule has 0 atom stereocenters. The number of amides is 2. The highest BCUT2D eigenvalue weighted by Crippen LogP contribution is 2.44. The number of benzene rings is 2. The van der Waals surface area contributed by atoms with Gasteiger partial charge in [0, 0.05) is 19.0 Å². The highest BCUT2D eigenvalue weighted by molar-refractivity contribution is 5.98. The summed E-state index contributed by atoms with van der Waals surface area (Å²) in [6.45, 7) is 0.159. The van der Waals surface area contributed by atoms with Crippen molar-refractivity contribution in [3.63, 3.8) is 0 Å². The van der Waals surface area contributed by atoms with Crippen LogP contribution in [-0.4, -0.2) is 45.0 Å². The second kappa shape index (κ2) is 8.33. The highest BCUT2D eigenvalue weighted by Gasteiger charge is 2.46. The minimum Gasteiger partial charge on any atom is -0.480 e. The van der Waals surface area contributed by atoms with Crippen LogP contribution in [-0.2, 0) is 16.6 Å². The van der Waals surface area contributed by atoms with Gasteiger partial charge in [0.05, 0.1) is 0 Å². The van der Waals surface area contributed by atoms with Gasteiger partial charge >= 0.3 is 12.1 Å². The molecule has 2 aliphatic carbocycles. The standard InChI is InChI=1S/C25H24N4O5/c1-29-21(13-20(28-29)22(30)27-25(23(31)32)11-6-12-25)26-24(33)34-14-19-17-9-4-2-7-15(17)16-8-3-5-10-18(16)19/h2-5,7-10,13,19H,6,11-12,14H2,1H3,(H,26,33)(H,27,30)(H,31,32). The van der Waals surface area contributed by atoms with Gasteiger partial charge in [-0.05, 0) is 41.5 Å². The molecule has 174 valence electrons. The number of ether oxygens (including phenoxy) is 1. The molecule has 9 heteroatoms. The number of nitrogens with one attached hydrogen (secondary N) is 2. The van der Waals surface area contributed by atoms with Gasteiger partial charge in [-0.15, -0.1) is 0 Å². The molecule has 1 aromatic heterocycles. The van der Waals surface area contributed by atoms with E-state index in [9.17, 15) is 19.5 Å². The number of hydrogen-bond donors (Lipinski definition) is 3. The number of rotatable bonds is 6. The number of carbonyl (C=O) groups is 3. The van der Waals surface area contributed by atoms with Crippen molar-refractivity contribution >= 4 is 23.8 Å². The van der Waals surface area contributed by atoms with Gasteiger partial charge in [0.1, 0.15) is 18.0 Å². The Morgan fingerprint density at radius 1 is 1.09 bits per heavy atom. The average Bonchev–Trinajstić information content (AvgIpc) is 3.32. The molecule has 3 N–H and O–H groups in total. The topological polar surface area (TPSA) is 123 Å². The Hall–Kier alpha value is -4.14. The minimum atomic E-state index is -1.24. The van der Waals surface area contributed by atoms with E-state index in [-0.39, 0.29) is 24.0 Å². The Morgan fingerprint density at radius 2 is 1.71 bits per heavy atom. The van der Waals surface area contributed by atoms with Crippen LogP contribution in [0.2, 0.25) is 0 Å². The maximum atomic E-state index is 12.5. The zero-order valence-electron chi connectivity index (χ0n) is 18.6. The van der Waals surface area contributed by atoms with Crippen LogP contribution in [0.15, 0.2) is 54.6 Å². The molecule has 9 nitrogen and oxygen atoms in total. The lowest BCUT2D eigenvalue weighted by atomic mass is 9.76. The van der Waals surface area contributed by atoms with Crippen molar-refractivity contribution in [2.75, 3.05) is 11.9 Å². The van der Waals surface area contributed by atoms with E-state index in [1.165, 1.54) is 10.7 Å². The quantitative estimate of drug-likeness (QED) is 0.517. The number of nitrogens with zero attached hydrogens (tertiary/aromatic N) is 2. The molecule has 0 unspecified atom stereocenters. The minimum absolute atomic E-state index is 0.0176. The van der Waals surface area contributed by atoms with Gasteiger partial charge in [-0.3, -0.25) is 14.8 Å². The van der Waals surface area contributed by atoms with Crippen molar-refractivity contribution in [3.05, 3.63) is 71.4 Å². The van der Waals surface area contributed by atoms with E-state index in [1.54, 1.807) is 7.05 Å². The van der Waals surface area contributed by atoms with Crippen LogP contribution < -0.4 is 10.6 Å². The van der Waals surface area contributed by atoms with Gasteiger partial charge in [-0.25, -0.2) is 9.59 Å². The molecule has 0 spiro atoms. The zero-order valence-corrected chi connectivity index (χ0v) is 18.6. The molecule has 2 aliphatic rings. The number of anilines is 1. The van der Waals surface area contributed by atoms with Gasteiger partial charge in [0.25, 0.3) is 5.91 Å². The maximum absolute atomic E-state index is 12.5. The van der Waals surface area contributed by atoms with Crippen molar-refractivity contribution < 1.29 is 24.2 Å². The Labute approximate surface area is 195 Å². The van der Waals surface area contributed by atoms with Gasteiger partial charge in [-0.2, -0.15) is 5.10 Å². The van der Waals surface area contributed by atoms with Crippen LogP contribution in [0, 0.1) is 0 Å². The molecule has 0 aliphatic heterocycles. The van der Waals surface area contributed by atoms with Crippen molar-refractivity contribution in [1.82, 2.24) is 15.1 Å². The largest absolute Gasteiger partial charge is 0.480 e. The second-order valence-electron chi connectivity index (χ2n) is 8.68. The van der Waals surface area contributed by atoms with Gasteiger partial charge < -0.3 is 15.2 Å². The molecule has 2 amide bonds. The SMILES string of the molecule is Cn1nc(C(=O)NC2(C(=O)O)CCC2)cc1NC(=O)OCC1c2ccccc2-c2ccccc21. The summed E-state index contributed by atoms with van der Waals surface area (Å²) in [5, 5.41) is 18.7. The number of fused-ring (bicyclic) bond motifs is 3. The number of carboxylic acids is 1. The molecule has 0 saturated heterocycles. The zero-order chi connectivity index (χ0) is 23.9. The van der Waals surface area contributed by atoms with Gasteiger partial charge in [-0.1, -0.05) is 48.5 Å². The first-order valence-electron chi connectivity index (χ1n) is 11.1. The Bertz CT molecular complexity index is 1250. The summed E-state index contributed by atoms with van der Waals surface area (Å²) in [6, 6.07) is 17.5. The van der Waals surface area contributed by atoms with Crippen LogP contribution in [0.3, 0.4) is 0 Å². The molecule has 0 radical (unpaired) electrons. The number of aliphatic carboxylic acids is 1. The van der Waals surface area contributed by atoms with E-state index < -0.39 is 23.5 Å². The van der Waals surface area contributed by atoms with Gasteiger partial charge in [0.2, 0.25) is 0 Å². The monoisotopic (exact) mass is 460 g/mol. The molecule has 2 aromatic carbocycles. The summed E-state index contributed by atoms with van der Waals surface area (Å²) < 4.78 is 6.88. The summed E-state index contributed by atoms with van der Waals surface area (Å²) >= 11 is 0. The summed E-state index contributed by atoms with van der Waals surface area (Å²) in [5.41, 5.74) is 3.28. The van der Waals surface area contributed by atoms with Crippen LogP contribution in [0.25, 0.3) is 11.1 Å². The molecule has 5 rings (SSSR count). The van der Waals surface area contributed by atoms with Crippen molar-refractivity contribution in [1.29, 1.82) is 0 Å². The number of hydrogen-bond acceptors (Lipinski definition) is 5. The lowest BCUT2D eigenvalue weighted by Gasteiger charge is -2.37. The number of aryl methyl sites for hydroxylation is 1. The van der Waals surface area contributed by atoms with Gasteiger partial charge in [0.15, 0.2) is 5.69 Å². The highest BCUT2D eigenvalue weighted by atomic mass is 16.5. The lowest BCUT2D eigenvalue weighted by molar-refractivity contribution is -0.148. The van der Waals surface area contributed by atoms with E-state index in [0.717, 1.165) is 28.7 Å². The van der Waals surface area contributed by atoms with E-state index in [4.69, 9.17) is 4.74 Å². The predicted octanol–water partition coefficient (Wildman–Crippen LogP) is 3.52. The van der Waals surface area contributed by atoms with Crippen molar-refractivity contribution in [2.24, 2.45) is 7.05 Å². The van der Waals surface area contributed by atoms with Crippen molar-refractivity contribution in [3.8, 4) is 11.1 Å². The Balaban J connectivity index is 1.24. The summed E-state index contributed by atoms with van der Waals surface area (Å²) in [6.07, 6.45) is 0.832. The maximum Gasteiger partial charge on any atom is 0.412 e. The first-order valence-corrected chi connectivity index (χ1v) is 11.1. The smallest absolute Gasteiger partial charge is 0.412 e. The third-order valence-corrected chi connectivity index (χ3v) is 6.66. The molecular weight excluding hydrogens is 436 g/mol. The van der Waals surface area contributed by atoms with E-state index in [1.807, 2.05) is 36.4 Å². The molecule has 1 saturated carbocycles. The third-order valence-electron chi connectivity index (χ3n) is 6.66. The number of carboxylic acid groups (broad SMARTS) is 1. The fourth-order valence-corrected chi connectivity index (χ4v) is 4.64. The predicted molar refractivity (Wildman–Crippen MR) is 124 cm³/mol.